The van der Waals surface area contributed by atoms with Crippen LogP contribution in [0.25, 0.3) is 22.6 Å². The number of amides is 1. The summed E-state index contributed by atoms with van der Waals surface area (Å²) in [5.74, 6) is -1.89. The number of nitrogens with zero attached hydrogens (tertiary/aromatic N) is 4. The molecule has 0 bridgehead atoms. The normalized spacial score (nSPS) is 13.4. The van der Waals surface area contributed by atoms with E-state index in [0.717, 1.165) is 84.2 Å². The van der Waals surface area contributed by atoms with E-state index in [2.05, 4.69) is 15.3 Å². The molecular formula is C36H29F2N5O4. The molecule has 7 rings (SSSR count). The Morgan fingerprint density at radius 2 is 1.49 bits per heavy atom. The molecule has 2 aliphatic rings. The first kappa shape index (κ1) is 31.3. The molecule has 1 amide bonds. The van der Waals surface area contributed by atoms with Gasteiger partial charge in [0.15, 0.2) is 11.6 Å². The van der Waals surface area contributed by atoms with E-state index in [1.165, 1.54) is 18.2 Å². The molecule has 0 radical (unpaired) electrons. The van der Waals surface area contributed by atoms with E-state index in [1.54, 1.807) is 24.5 Å². The molecule has 11 heteroatoms. The number of aryl methyl sites for hydroxylation is 3. The Bertz CT molecular complexity index is 1980. The molecule has 3 aromatic carbocycles. The number of nitrogens with one attached hydrogen (secondary N) is 1. The lowest BCUT2D eigenvalue weighted by Crippen LogP contribution is -2.16. The number of non-ortho nitro benzene ring substituents is 1. The molecule has 2 heterocycles. The van der Waals surface area contributed by atoms with Crippen LogP contribution >= 0.6 is 0 Å². The van der Waals surface area contributed by atoms with Gasteiger partial charge in [0.05, 0.1) is 10.6 Å². The summed E-state index contributed by atoms with van der Waals surface area (Å²) in [5, 5.41) is 13.2. The van der Waals surface area contributed by atoms with E-state index in [9.17, 15) is 28.5 Å². The number of pyridine rings is 1. The number of hydrogen-bond donors (Lipinski definition) is 1. The quantitative estimate of drug-likeness (QED) is 0.122. The molecule has 2 aromatic heterocycles. The van der Waals surface area contributed by atoms with Crippen LogP contribution in [0.15, 0.2) is 85.3 Å². The van der Waals surface area contributed by atoms with Crippen LogP contribution in [0.3, 0.4) is 0 Å². The van der Waals surface area contributed by atoms with Crippen molar-refractivity contribution in [2.24, 2.45) is 0 Å². The molecule has 2 aliphatic carbocycles. The van der Waals surface area contributed by atoms with Gasteiger partial charge in [-0.1, -0.05) is 12.1 Å². The lowest BCUT2D eigenvalue weighted by Gasteiger charge is -2.13. The van der Waals surface area contributed by atoms with Gasteiger partial charge in [-0.15, -0.1) is 0 Å². The number of rotatable bonds is 4. The van der Waals surface area contributed by atoms with Crippen molar-refractivity contribution in [1.82, 2.24) is 15.0 Å². The third-order valence-electron chi connectivity index (χ3n) is 8.20. The average Bonchev–Trinajstić information content (AvgIpc) is 3.37. The molecule has 47 heavy (non-hydrogen) atoms. The zero-order valence-corrected chi connectivity index (χ0v) is 25.2. The Morgan fingerprint density at radius 1 is 0.809 bits per heavy atom. The molecular weight excluding hydrogens is 604 g/mol. The average molecular weight is 634 g/mol. The Kier molecular flexibility index (Phi) is 9.14. The van der Waals surface area contributed by atoms with E-state index < -0.39 is 28.0 Å². The van der Waals surface area contributed by atoms with Gasteiger partial charge in [-0.05, 0) is 97.7 Å². The maximum Gasteiger partial charge on any atom is 0.269 e. The van der Waals surface area contributed by atoms with Crippen molar-refractivity contribution in [3.05, 3.63) is 135 Å². The topological polar surface area (TPSA) is 128 Å². The van der Waals surface area contributed by atoms with Crippen LogP contribution in [0.4, 0.5) is 20.2 Å². The molecule has 0 saturated carbocycles. The van der Waals surface area contributed by atoms with E-state index in [1.807, 2.05) is 30.5 Å². The number of hydrogen-bond acceptors (Lipinski definition) is 7. The Hall–Kier alpha value is -5.71. The number of nitro benzene ring substituents is 1. The van der Waals surface area contributed by atoms with Crippen LogP contribution < -0.4 is 5.32 Å². The predicted octanol–water partition coefficient (Wildman–Crippen LogP) is 7.73. The number of carbonyl (C=O) groups excluding carboxylic acids is 2. The first-order valence-electron chi connectivity index (χ1n) is 15.2. The van der Waals surface area contributed by atoms with Crippen molar-refractivity contribution in [3.8, 4) is 22.6 Å². The molecule has 0 atom stereocenters. The Morgan fingerprint density at radius 3 is 2.26 bits per heavy atom. The molecule has 5 aromatic rings. The smallest absolute Gasteiger partial charge is 0.269 e. The fourth-order valence-corrected chi connectivity index (χ4v) is 5.86. The summed E-state index contributed by atoms with van der Waals surface area (Å²) in [5.41, 5.74) is 6.22. The number of benzene rings is 3. The molecule has 0 spiro atoms. The van der Waals surface area contributed by atoms with E-state index in [0.29, 0.717) is 23.5 Å². The standard InChI is InChI=1S/C25H18F2N4O.C11H11NO3/c26-20-5-2-6-21(27)22(20)25(32)30-18-7-8-19-16(13-18)3-1-4-17-14-29-24(31-23(17)19)15-9-11-28-12-10-15;13-11-4-2-1-3-8-7-9(12(14)15)5-6-10(8)11/h2,5-14H,1,3-4H2,(H,30,32);5-7H,1-4H2. The number of Topliss-reactive ketones (excluding diaryl/α,β-unsaturated/α-hetero) is 1. The maximum absolute atomic E-state index is 14.0. The van der Waals surface area contributed by atoms with Gasteiger partial charge in [0.25, 0.3) is 11.6 Å². The third-order valence-corrected chi connectivity index (χ3v) is 8.20. The van der Waals surface area contributed by atoms with Gasteiger partial charge in [-0.2, -0.15) is 0 Å². The second-order valence-corrected chi connectivity index (χ2v) is 11.3. The lowest BCUT2D eigenvalue weighted by atomic mass is 10.0. The van der Waals surface area contributed by atoms with Crippen molar-refractivity contribution in [3.63, 3.8) is 0 Å². The summed E-state index contributed by atoms with van der Waals surface area (Å²) in [7, 11) is 0. The van der Waals surface area contributed by atoms with E-state index >= 15 is 0 Å². The summed E-state index contributed by atoms with van der Waals surface area (Å²) in [6.45, 7) is 0. The second kappa shape index (κ2) is 13.7. The van der Waals surface area contributed by atoms with Crippen molar-refractivity contribution in [2.75, 3.05) is 5.32 Å². The number of ketones is 1. The number of halogens is 2. The number of anilines is 1. The fraction of sp³-hybridized carbons (Fsp3) is 0.194. The fourth-order valence-electron chi connectivity index (χ4n) is 5.86. The van der Waals surface area contributed by atoms with Gasteiger partial charge in [-0.25, -0.2) is 18.7 Å². The van der Waals surface area contributed by atoms with Crippen LogP contribution in [-0.2, 0) is 19.3 Å². The van der Waals surface area contributed by atoms with Crippen LogP contribution in [0, 0.1) is 21.7 Å². The van der Waals surface area contributed by atoms with E-state index in [-0.39, 0.29) is 11.5 Å². The highest BCUT2D eigenvalue weighted by Gasteiger charge is 2.21. The van der Waals surface area contributed by atoms with Crippen LogP contribution in [0.5, 0.6) is 0 Å². The van der Waals surface area contributed by atoms with Crippen molar-refractivity contribution in [2.45, 2.75) is 44.9 Å². The summed E-state index contributed by atoms with van der Waals surface area (Å²) in [4.78, 5) is 47.6. The minimum absolute atomic E-state index is 0.0726. The van der Waals surface area contributed by atoms with Gasteiger partial charge >= 0.3 is 0 Å². The highest BCUT2D eigenvalue weighted by molar-refractivity contribution is 6.04. The van der Waals surface area contributed by atoms with Crippen molar-refractivity contribution in [1.29, 1.82) is 0 Å². The first-order chi connectivity index (χ1) is 22.8. The lowest BCUT2D eigenvalue weighted by molar-refractivity contribution is -0.384. The summed E-state index contributed by atoms with van der Waals surface area (Å²) >= 11 is 0. The van der Waals surface area contributed by atoms with Crippen molar-refractivity contribution >= 4 is 23.1 Å². The third kappa shape index (κ3) is 6.94. The molecule has 0 unspecified atom stereocenters. The summed E-state index contributed by atoms with van der Waals surface area (Å²) in [6.07, 6.45) is 10.9. The van der Waals surface area contributed by atoms with Gasteiger partial charge in [0, 0.05) is 59.5 Å². The van der Waals surface area contributed by atoms with Gasteiger partial charge in [-0.3, -0.25) is 24.7 Å². The molecule has 0 fully saturated rings. The van der Waals surface area contributed by atoms with Crippen molar-refractivity contribution < 1.29 is 23.3 Å². The Balaban J connectivity index is 0.000000215. The number of carbonyl (C=O) groups is 2. The SMILES string of the molecule is O=C(Nc1ccc2c(c1)CCCc1cnc(-c3ccncc3)nc1-2)c1c(F)cccc1F.O=C1CCCCc2cc([N+](=O)[O-])ccc21. The second-order valence-electron chi connectivity index (χ2n) is 11.3. The number of aromatic nitrogens is 3. The molecule has 1 N–H and O–H groups in total. The zero-order valence-electron chi connectivity index (χ0n) is 25.2. The van der Waals surface area contributed by atoms with Crippen LogP contribution in [0.1, 0.15) is 63.1 Å². The Labute approximate surface area is 268 Å². The van der Waals surface area contributed by atoms with Gasteiger partial charge < -0.3 is 5.32 Å². The predicted molar refractivity (Wildman–Crippen MR) is 172 cm³/mol. The minimum atomic E-state index is -0.897. The summed E-state index contributed by atoms with van der Waals surface area (Å²) in [6, 6.07) is 17.0. The molecule has 236 valence electrons. The molecule has 0 saturated heterocycles. The summed E-state index contributed by atoms with van der Waals surface area (Å²) < 4.78 is 27.9. The van der Waals surface area contributed by atoms with Crippen LogP contribution in [-0.4, -0.2) is 31.6 Å². The minimum Gasteiger partial charge on any atom is -0.322 e. The number of nitro groups is 1. The highest BCUT2D eigenvalue weighted by Crippen LogP contribution is 2.34. The maximum atomic E-state index is 14.0. The van der Waals surface area contributed by atoms with Gasteiger partial charge in [0.1, 0.15) is 17.2 Å². The first-order valence-corrected chi connectivity index (χ1v) is 15.2. The van der Waals surface area contributed by atoms with E-state index in [4.69, 9.17) is 4.98 Å². The van der Waals surface area contributed by atoms with Crippen LogP contribution in [0.2, 0.25) is 0 Å². The van der Waals surface area contributed by atoms with Gasteiger partial charge in [0.2, 0.25) is 0 Å². The highest BCUT2D eigenvalue weighted by atomic mass is 19.1. The monoisotopic (exact) mass is 633 g/mol. The zero-order chi connectivity index (χ0) is 32.9. The molecule has 9 nitrogen and oxygen atoms in total. The molecule has 0 aliphatic heterocycles. The number of fused-ring (bicyclic) bond motifs is 4. The largest absolute Gasteiger partial charge is 0.322 e.